The highest BCUT2D eigenvalue weighted by molar-refractivity contribution is 7.80. The second kappa shape index (κ2) is 2.44. The van der Waals surface area contributed by atoms with Crippen molar-refractivity contribution in [1.82, 2.24) is 0 Å². The Morgan fingerprint density at radius 1 is 1.38 bits per heavy atom. The summed E-state index contributed by atoms with van der Waals surface area (Å²) in [6.45, 7) is 0. The quantitative estimate of drug-likeness (QED) is 0.542. The number of nitrogens with two attached hydrogens (primary N) is 1. The van der Waals surface area contributed by atoms with Crippen LogP contribution in [0.4, 0.5) is 0 Å². The van der Waals surface area contributed by atoms with Crippen molar-refractivity contribution >= 4 is 17.2 Å². The molecule has 8 heavy (non-hydrogen) atoms. The van der Waals surface area contributed by atoms with Crippen molar-refractivity contribution in [2.75, 3.05) is 0 Å². The lowest BCUT2D eigenvalue weighted by molar-refractivity contribution is 0.733. The molecule has 0 amide bonds. The van der Waals surface area contributed by atoms with E-state index in [1.165, 1.54) is 25.7 Å². The van der Waals surface area contributed by atoms with Crippen LogP contribution in [0.3, 0.4) is 0 Å². The van der Waals surface area contributed by atoms with E-state index < -0.39 is 0 Å². The van der Waals surface area contributed by atoms with Gasteiger partial charge in [0.05, 0.1) is 4.99 Å². The highest BCUT2D eigenvalue weighted by atomic mass is 32.1. The maximum atomic E-state index is 5.43. The maximum absolute atomic E-state index is 5.43. The van der Waals surface area contributed by atoms with E-state index in [1.54, 1.807) is 0 Å². The van der Waals surface area contributed by atoms with Gasteiger partial charge in [-0.3, -0.25) is 0 Å². The Morgan fingerprint density at radius 3 is 2.12 bits per heavy atom. The van der Waals surface area contributed by atoms with Crippen LogP contribution >= 0.6 is 12.2 Å². The van der Waals surface area contributed by atoms with Crippen LogP contribution in [0.25, 0.3) is 0 Å². The fourth-order valence-electron chi connectivity index (χ4n) is 1.21. The summed E-state index contributed by atoms with van der Waals surface area (Å²) < 4.78 is 0. The molecule has 46 valence electrons. The summed E-state index contributed by atoms with van der Waals surface area (Å²) in [6, 6.07) is 0. The Balaban J connectivity index is 2.35. The molecular weight excluding hydrogens is 118 g/mol. The summed E-state index contributed by atoms with van der Waals surface area (Å²) in [7, 11) is 0. The SMILES string of the molecule is NC(=S)C1CCCC1. The summed E-state index contributed by atoms with van der Waals surface area (Å²) in [5.74, 6) is 0.574. The summed E-state index contributed by atoms with van der Waals surface area (Å²) in [5, 5.41) is 0. The Morgan fingerprint density at radius 2 is 1.88 bits per heavy atom. The molecule has 0 bridgehead atoms. The molecule has 0 spiro atoms. The smallest absolute Gasteiger partial charge is 0.0758 e. The first-order valence-corrected chi connectivity index (χ1v) is 3.51. The molecule has 2 N–H and O–H groups in total. The van der Waals surface area contributed by atoms with Crippen molar-refractivity contribution in [3.05, 3.63) is 0 Å². The first-order valence-electron chi connectivity index (χ1n) is 3.10. The van der Waals surface area contributed by atoms with Gasteiger partial charge in [0.25, 0.3) is 0 Å². The van der Waals surface area contributed by atoms with Crippen molar-refractivity contribution in [3.63, 3.8) is 0 Å². The topological polar surface area (TPSA) is 26.0 Å². The van der Waals surface area contributed by atoms with Crippen molar-refractivity contribution in [2.24, 2.45) is 11.7 Å². The lowest BCUT2D eigenvalue weighted by Crippen LogP contribution is -2.17. The van der Waals surface area contributed by atoms with Gasteiger partial charge in [-0.05, 0) is 12.8 Å². The van der Waals surface area contributed by atoms with Crippen LogP contribution in [-0.2, 0) is 0 Å². The Bertz CT molecular complexity index is 94.7. The fourth-order valence-corrected chi connectivity index (χ4v) is 1.45. The van der Waals surface area contributed by atoms with Crippen molar-refractivity contribution in [1.29, 1.82) is 0 Å². The van der Waals surface area contributed by atoms with E-state index >= 15 is 0 Å². The standard InChI is InChI=1S/C6H11NS/c7-6(8)5-3-1-2-4-5/h5H,1-4H2,(H2,7,8). The fraction of sp³-hybridized carbons (Fsp3) is 0.833. The molecular formula is C6H11NS. The lowest BCUT2D eigenvalue weighted by atomic mass is 10.1. The average molecular weight is 129 g/mol. The van der Waals surface area contributed by atoms with E-state index in [-0.39, 0.29) is 0 Å². The number of rotatable bonds is 1. The zero-order chi connectivity index (χ0) is 5.98. The zero-order valence-corrected chi connectivity index (χ0v) is 5.71. The van der Waals surface area contributed by atoms with Crippen LogP contribution in [0, 0.1) is 5.92 Å². The van der Waals surface area contributed by atoms with Gasteiger partial charge in [-0.1, -0.05) is 25.1 Å². The van der Waals surface area contributed by atoms with Crippen LogP contribution < -0.4 is 5.73 Å². The molecule has 1 fully saturated rings. The predicted octanol–water partition coefficient (Wildman–Crippen LogP) is 1.46. The molecule has 2 heteroatoms. The van der Waals surface area contributed by atoms with Crippen molar-refractivity contribution < 1.29 is 0 Å². The molecule has 0 saturated heterocycles. The molecule has 0 radical (unpaired) electrons. The third kappa shape index (κ3) is 1.19. The van der Waals surface area contributed by atoms with Crippen LogP contribution in [0.2, 0.25) is 0 Å². The predicted molar refractivity (Wildman–Crippen MR) is 38.7 cm³/mol. The third-order valence-corrected chi connectivity index (χ3v) is 2.09. The Kier molecular flexibility index (Phi) is 1.84. The molecule has 0 unspecified atom stereocenters. The molecule has 0 atom stereocenters. The summed E-state index contributed by atoms with van der Waals surface area (Å²) >= 11 is 4.83. The molecule has 1 rings (SSSR count). The average Bonchev–Trinajstić information content (AvgIpc) is 2.12. The molecule has 0 aromatic heterocycles. The molecule has 1 nitrogen and oxygen atoms in total. The minimum absolute atomic E-state index is 0.574. The summed E-state index contributed by atoms with van der Waals surface area (Å²) in [6.07, 6.45) is 5.11. The lowest BCUT2D eigenvalue weighted by Gasteiger charge is -2.02. The van der Waals surface area contributed by atoms with Gasteiger partial charge < -0.3 is 5.73 Å². The number of hydrogen-bond acceptors (Lipinski definition) is 1. The zero-order valence-electron chi connectivity index (χ0n) is 4.89. The van der Waals surface area contributed by atoms with Crippen molar-refractivity contribution in [2.45, 2.75) is 25.7 Å². The molecule has 1 aliphatic rings. The summed E-state index contributed by atoms with van der Waals surface area (Å²) in [5.41, 5.74) is 5.43. The highest BCUT2D eigenvalue weighted by Crippen LogP contribution is 2.24. The van der Waals surface area contributed by atoms with Gasteiger partial charge in [-0.25, -0.2) is 0 Å². The van der Waals surface area contributed by atoms with Gasteiger partial charge in [0.15, 0.2) is 0 Å². The second-order valence-corrected chi connectivity index (χ2v) is 2.86. The highest BCUT2D eigenvalue weighted by Gasteiger charge is 2.16. The van der Waals surface area contributed by atoms with Gasteiger partial charge in [-0.15, -0.1) is 0 Å². The molecule has 1 aliphatic carbocycles. The molecule has 0 heterocycles. The largest absolute Gasteiger partial charge is 0.393 e. The number of thiocarbonyl (C=S) groups is 1. The minimum atomic E-state index is 0.574. The van der Waals surface area contributed by atoms with Gasteiger partial charge in [0.2, 0.25) is 0 Å². The molecule has 1 saturated carbocycles. The van der Waals surface area contributed by atoms with Crippen molar-refractivity contribution in [3.8, 4) is 0 Å². The van der Waals surface area contributed by atoms with Crippen LogP contribution in [0.1, 0.15) is 25.7 Å². The van der Waals surface area contributed by atoms with E-state index in [2.05, 4.69) is 0 Å². The van der Waals surface area contributed by atoms with Gasteiger partial charge in [-0.2, -0.15) is 0 Å². The first-order chi connectivity index (χ1) is 3.80. The normalized spacial score (nSPS) is 21.5. The minimum Gasteiger partial charge on any atom is -0.393 e. The van der Waals surface area contributed by atoms with Gasteiger partial charge in [0, 0.05) is 5.92 Å². The van der Waals surface area contributed by atoms with E-state index in [0.717, 1.165) is 4.99 Å². The van der Waals surface area contributed by atoms with Gasteiger partial charge >= 0.3 is 0 Å². The van der Waals surface area contributed by atoms with Crippen LogP contribution in [0.15, 0.2) is 0 Å². The van der Waals surface area contributed by atoms with Crippen LogP contribution in [0.5, 0.6) is 0 Å². The Labute approximate surface area is 55.3 Å². The molecule has 0 aromatic carbocycles. The Hall–Kier alpha value is -0.110. The van der Waals surface area contributed by atoms with E-state index in [1.807, 2.05) is 0 Å². The third-order valence-electron chi connectivity index (χ3n) is 1.76. The monoisotopic (exact) mass is 129 g/mol. The van der Waals surface area contributed by atoms with E-state index in [4.69, 9.17) is 18.0 Å². The van der Waals surface area contributed by atoms with Crippen LogP contribution in [-0.4, -0.2) is 4.99 Å². The van der Waals surface area contributed by atoms with E-state index in [9.17, 15) is 0 Å². The first kappa shape index (κ1) is 6.02. The molecule has 0 aromatic rings. The molecule has 0 aliphatic heterocycles. The summed E-state index contributed by atoms with van der Waals surface area (Å²) in [4.78, 5) is 0.725. The maximum Gasteiger partial charge on any atom is 0.0758 e. The second-order valence-electron chi connectivity index (χ2n) is 2.38. The number of hydrogen-bond donors (Lipinski definition) is 1. The van der Waals surface area contributed by atoms with E-state index in [0.29, 0.717) is 5.92 Å². The van der Waals surface area contributed by atoms with Gasteiger partial charge in [0.1, 0.15) is 0 Å².